The fourth-order valence-corrected chi connectivity index (χ4v) is 2.81. The van der Waals surface area contributed by atoms with E-state index in [4.69, 9.17) is 10.5 Å². The Morgan fingerprint density at radius 1 is 1.41 bits per heavy atom. The number of benzene rings is 1. The second-order valence-electron chi connectivity index (χ2n) is 4.64. The Hall–Kier alpha value is -0.420. The average molecular weight is 300 g/mol. The van der Waals surface area contributed by atoms with Gasteiger partial charge in [-0.15, -0.1) is 0 Å². The molecule has 1 fully saturated rings. The van der Waals surface area contributed by atoms with Gasteiger partial charge in [0.05, 0.1) is 6.10 Å². The second kappa shape index (κ2) is 5.48. The van der Waals surface area contributed by atoms with Gasteiger partial charge in [-0.2, -0.15) is 0 Å². The molecule has 1 aliphatic rings. The molecule has 1 heterocycles. The smallest absolute Gasteiger partial charge is 0.0860 e. The maximum atomic E-state index is 10.6. The number of rotatable bonds is 3. The normalized spacial score (nSPS) is 21.1. The lowest BCUT2D eigenvalue weighted by Crippen LogP contribution is -2.41. The monoisotopic (exact) mass is 299 g/mol. The number of hydrogen-bond acceptors (Lipinski definition) is 3. The van der Waals surface area contributed by atoms with E-state index in [2.05, 4.69) is 15.9 Å². The Kier molecular flexibility index (Phi) is 4.20. The van der Waals surface area contributed by atoms with Gasteiger partial charge in [-0.25, -0.2) is 0 Å². The lowest BCUT2D eigenvalue weighted by Gasteiger charge is -2.40. The van der Waals surface area contributed by atoms with Gasteiger partial charge in [-0.1, -0.05) is 28.1 Å². The molecule has 3 N–H and O–H groups in total. The molecule has 0 bridgehead atoms. The van der Waals surface area contributed by atoms with Crippen molar-refractivity contribution in [3.63, 3.8) is 0 Å². The van der Waals surface area contributed by atoms with Crippen LogP contribution in [-0.2, 0) is 4.74 Å². The molecule has 0 aromatic heterocycles. The summed E-state index contributed by atoms with van der Waals surface area (Å²) in [6.45, 7) is 1.86. The van der Waals surface area contributed by atoms with Crippen molar-refractivity contribution in [1.82, 2.24) is 0 Å². The predicted molar refractivity (Wildman–Crippen MR) is 70.6 cm³/mol. The van der Waals surface area contributed by atoms with E-state index >= 15 is 0 Å². The third-order valence-corrected chi connectivity index (χ3v) is 4.13. The number of nitrogens with two attached hydrogens (primary N) is 1. The molecule has 17 heavy (non-hydrogen) atoms. The maximum absolute atomic E-state index is 10.6. The van der Waals surface area contributed by atoms with Crippen LogP contribution in [0.2, 0.25) is 0 Å². The quantitative estimate of drug-likeness (QED) is 0.900. The molecule has 2 rings (SSSR count). The van der Waals surface area contributed by atoms with Crippen molar-refractivity contribution in [2.45, 2.75) is 18.9 Å². The number of halogens is 1. The van der Waals surface area contributed by atoms with Crippen LogP contribution in [0.5, 0.6) is 0 Å². The lowest BCUT2D eigenvalue weighted by molar-refractivity contribution is -0.0581. The summed E-state index contributed by atoms with van der Waals surface area (Å²) in [5.41, 5.74) is 6.57. The van der Waals surface area contributed by atoms with Crippen LogP contribution in [0, 0.1) is 5.41 Å². The molecule has 1 aromatic rings. The first-order valence-electron chi connectivity index (χ1n) is 5.89. The zero-order chi connectivity index (χ0) is 12.3. The van der Waals surface area contributed by atoms with Crippen molar-refractivity contribution < 1.29 is 9.84 Å². The molecule has 0 saturated carbocycles. The van der Waals surface area contributed by atoms with Crippen molar-refractivity contribution in [2.75, 3.05) is 19.8 Å². The number of aliphatic hydroxyl groups excluding tert-OH is 1. The Morgan fingerprint density at radius 2 is 2.12 bits per heavy atom. The van der Waals surface area contributed by atoms with Gasteiger partial charge >= 0.3 is 0 Å². The molecule has 0 radical (unpaired) electrons. The highest BCUT2D eigenvalue weighted by Gasteiger charge is 2.39. The van der Waals surface area contributed by atoms with Gasteiger partial charge in [0.1, 0.15) is 0 Å². The lowest BCUT2D eigenvalue weighted by atomic mass is 9.73. The van der Waals surface area contributed by atoms with E-state index in [1.54, 1.807) is 0 Å². The van der Waals surface area contributed by atoms with E-state index in [1.807, 2.05) is 24.3 Å². The molecular formula is C13H18BrNO2. The number of hydrogen-bond donors (Lipinski definition) is 2. The average Bonchev–Trinajstić information content (AvgIpc) is 2.38. The van der Waals surface area contributed by atoms with Gasteiger partial charge < -0.3 is 15.6 Å². The molecule has 0 amide bonds. The van der Waals surface area contributed by atoms with E-state index in [9.17, 15) is 5.11 Å². The molecule has 4 heteroatoms. The Balaban J connectivity index is 2.24. The minimum Gasteiger partial charge on any atom is -0.388 e. The van der Waals surface area contributed by atoms with Crippen LogP contribution in [0.1, 0.15) is 24.5 Å². The highest BCUT2D eigenvalue weighted by Crippen LogP contribution is 2.41. The molecule has 1 aliphatic heterocycles. The van der Waals surface area contributed by atoms with Crippen molar-refractivity contribution >= 4 is 15.9 Å². The minimum absolute atomic E-state index is 0.237. The fourth-order valence-electron chi connectivity index (χ4n) is 2.40. The molecule has 3 nitrogen and oxygen atoms in total. The van der Waals surface area contributed by atoms with Crippen LogP contribution in [-0.4, -0.2) is 24.9 Å². The van der Waals surface area contributed by atoms with Gasteiger partial charge in [-0.05, 0) is 30.5 Å². The Labute approximate surface area is 110 Å². The van der Waals surface area contributed by atoms with Crippen molar-refractivity contribution in [3.05, 3.63) is 34.3 Å². The van der Waals surface area contributed by atoms with Gasteiger partial charge in [-0.3, -0.25) is 0 Å². The fraction of sp³-hybridized carbons (Fsp3) is 0.538. The van der Waals surface area contributed by atoms with Crippen LogP contribution in [0.25, 0.3) is 0 Å². The molecular weight excluding hydrogens is 282 g/mol. The summed E-state index contributed by atoms with van der Waals surface area (Å²) in [7, 11) is 0. The van der Waals surface area contributed by atoms with Crippen LogP contribution >= 0.6 is 15.9 Å². The van der Waals surface area contributed by atoms with Crippen LogP contribution in [0.4, 0.5) is 0 Å². The van der Waals surface area contributed by atoms with Gasteiger partial charge in [0.15, 0.2) is 0 Å². The maximum Gasteiger partial charge on any atom is 0.0860 e. The van der Waals surface area contributed by atoms with E-state index in [0.29, 0.717) is 19.8 Å². The third kappa shape index (κ3) is 2.71. The van der Waals surface area contributed by atoms with Gasteiger partial charge in [0.2, 0.25) is 0 Å². The van der Waals surface area contributed by atoms with Crippen LogP contribution < -0.4 is 5.73 Å². The van der Waals surface area contributed by atoms with Crippen LogP contribution in [0.15, 0.2) is 28.7 Å². The first-order valence-corrected chi connectivity index (χ1v) is 6.69. The summed E-state index contributed by atoms with van der Waals surface area (Å²) in [5.74, 6) is 0. The summed E-state index contributed by atoms with van der Waals surface area (Å²) in [6, 6.07) is 7.79. The minimum atomic E-state index is -0.520. The molecule has 1 atom stereocenters. The Morgan fingerprint density at radius 3 is 2.71 bits per heavy atom. The molecule has 1 aromatic carbocycles. The third-order valence-electron chi connectivity index (χ3n) is 3.64. The highest BCUT2D eigenvalue weighted by molar-refractivity contribution is 9.10. The van der Waals surface area contributed by atoms with Crippen molar-refractivity contribution in [1.29, 1.82) is 0 Å². The number of ether oxygens (including phenoxy) is 1. The van der Waals surface area contributed by atoms with Crippen molar-refractivity contribution in [3.8, 4) is 0 Å². The largest absolute Gasteiger partial charge is 0.388 e. The zero-order valence-electron chi connectivity index (χ0n) is 9.73. The van der Waals surface area contributed by atoms with Gasteiger partial charge in [0.25, 0.3) is 0 Å². The molecule has 0 aliphatic carbocycles. The van der Waals surface area contributed by atoms with Crippen molar-refractivity contribution in [2.24, 2.45) is 11.1 Å². The van der Waals surface area contributed by atoms with Gasteiger partial charge in [0, 0.05) is 29.6 Å². The first kappa shape index (κ1) is 13.0. The van der Waals surface area contributed by atoms with E-state index in [1.165, 1.54) is 0 Å². The summed E-state index contributed by atoms with van der Waals surface area (Å²) in [5, 5.41) is 10.6. The van der Waals surface area contributed by atoms with E-state index < -0.39 is 6.10 Å². The summed E-state index contributed by atoms with van der Waals surface area (Å²) in [6.07, 6.45) is 1.11. The topological polar surface area (TPSA) is 55.5 Å². The van der Waals surface area contributed by atoms with E-state index in [0.717, 1.165) is 22.9 Å². The van der Waals surface area contributed by atoms with Crippen LogP contribution in [0.3, 0.4) is 0 Å². The highest BCUT2D eigenvalue weighted by atomic mass is 79.9. The molecule has 1 saturated heterocycles. The van der Waals surface area contributed by atoms with E-state index in [-0.39, 0.29) is 5.41 Å². The summed E-state index contributed by atoms with van der Waals surface area (Å²) >= 11 is 3.43. The first-order chi connectivity index (χ1) is 8.18. The Bertz CT molecular complexity index is 377. The second-order valence-corrected chi connectivity index (χ2v) is 5.55. The predicted octanol–water partition coefficient (Wildman–Crippen LogP) is 2.24. The summed E-state index contributed by atoms with van der Waals surface area (Å²) in [4.78, 5) is 0. The molecule has 0 spiro atoms. The SMILES string of the molecule is NCC1(C(O)c2cccc(Br)c2)CCOCC1. The number of aliphatic hydroxyl groups is 1. The summed E-state index contributed by atoms with van der Waals surface area (Å²) < 4.78 is 6.34. The zero-order valence-corrected chi connectivity index (χ0v) is 11.3. The molecule has 1 unspecified atom stereocenters. The molecule has 94 valence electrons. The standard InChI is InChI=1S/C13H18BrNO2/c14-11-3-1-2-10(8-11)12(16)13(9-15)4-6-17-7-5-13/h1-3,8,12,16H,4-7,9,15H2.